The summed E-state index contributed by atoms with van der Waals surface area (Å²) in [4.78, 5) is 14.1. The lowest BCUT2D eigenvalue weighted by atomic mass is 9.82. The normalized spacial score (nSPS) is 19.5. The lowest BCUT2D eigenvalue weighted by Crippen LogP contribution is -2.36. The average molecular weight is 267 g/mol. The number of fused-ring (bicyclic) bond motifs is 2. The monoisotopic (exact) mass is 267 g/mol. The second-order valence-electron chi connectivity index (χ2n) is 6.50. The minimum Gasteiger partial charge on any atom is -0.507 e. The molecule has 0 fully saturated rings. The Balaban J connectivity index is 2.18. The highest BCUT2D eigenvalue weighted by Gasteiger charge is 2.42. The van der Waals surface area contributed by atoms with Crippen molar-refractivity contribution in [3.8, 4) is 5.75 Å². The van der Waals surface area contributed by atoms with Gasteiger partial charge in [-0.15, -0.1) is 0 Å². The number of phenolic OH excluding ortho intramolecular Hbond substituents is 1. The fourth-order valence-electron chi connectivity index (χ4n) is 3.78. The van der Waals surface area contributed by atoms with Crippen molar-refractivity contribution in [1.82, 2.24) is 0 Å². The molecule has 0 aromatic heterocycles. The van der Waals surface area contributed by atoms with Gasteiger partial charge in [-0.2, -0.15) is 0 Å². The third kappa shape index (κ3) is 1.33. The standard InChI is InChI=1S/C17H17NO2/c1-17(2)9-18-14(20)7-6-10-8-12-11(15(17)16(10)18)4-3-5-13(12)19/h3-5,8,19H,6-7,9H2,1-2H3. The van der Waals surface area contributed by atoms with Gasteiger partial charge in [0.15, 0.2) is 0 Å². The van der Waals surface area contributed by atoms with E-state index in [1.807, 2.05) is 11.0 Å². The third-order valence-corrected chi connectivity index (χ3v) is 4.62. The Bertz CT molecular complexity index is 761. The van der Waals surface area contributed by atoms with Crippen LogP contribution in [0.2, 0.25) is 0 Å². The first-order valence-electron chi connectivity index (χ1n) is 7.07. The van der Waals surface area contributed by atoms with Crippen molar-refractivity contribution in [3.05, 3.63) is 35.4 Å². The van der Waals surface area contributed by atoms with Crippen molar-refractivity contribution < 1.29 is 9.90 Å². The molecule has 0 atom stereocenters. The molecule has 0 unspecified atom stereocenters. The number of aryl methyl sites for hydroxylation is 1. The van der Waals surface area contributed by atoms with Gasteiger partial charge in [-0.25, -0.2) is 0 Å². The van der Waals surface area contributed by atoms with Crippen LogP contribution in [0.15, 0.2) is 24.3 Å². The molecule has 4 rings (SSSR count). The quantitative estimate of drug-likeness (QED) is 0.796. The molecule has 0 aliphatic carbocycles. The highest BCUT2D eigenvalue weighted by atomic mass is 16.3. The van der Waals surface area contributed by atoms with E-state index >= 15 is 0 Å². The largest absolute Gasteiger partial charge is 0.507 e. The van der Waals surface area contributed by atoms with Crippen molar-refractivity contribution in [2.75, 3.05) is 11.4 Å². The zero-order valence-electron chi connectivity index (χ0n) is 11.7. The van der Waals surface area contributed by atoms with Gasteiger partial charge in [0.05, 0.1) is 5.69 Å². The van der Waals surface area contributed by atoms with Crippen LogP contribution in [0, 0.1) is 0 Å². The molecule has 2 heterocycles. The summed E-state index contributed by atoms with van der Waals surface area (Å²) in [5, 5.41) is 12.1. The summed E-state index contributed by atoms with van der Waals surface area (Å²) in [5.41, 5.74) is 3.44. The first-order chi connectivity index (χ1) is 9.49. The van der Waals surface area contributed by atoms with E-state index in [1.165, 1.54) is 11.1 Å². The topological polar surface area (TPSA) is 40.5 Å². The van der Waals surface area contributed by atoms with E-state index in [-0.39, 0.29) is 11.3 Å². The molecule has 20 heavy (non-hydrogen) atoms. The number of rotatable bonds is 0. The number of amides is 1. The van der Waals surface area contributed by atoms with Crippen molar-refractivity contribution in [3.63, 3.8) is 0 Å². The minimum atomic E-state index is -0.0720. The van der Waals surface area contributed by atoms with Crippen molar-refractivity contribution >= 4 is 22.4 Å². The Morgan fingerprint density at radius 2 is 2.00 bits per heavy atom. The molecule has 1 amide bonds. The van der Waals surface area contributed by atoms with Crippen molar-refractivity contribution in [2.45, 2.75) is 32.1 Å². The van der Waals surface area contributed by atoms with E-state index < -0.39 is 0 Å². The van der Waals surface area contributed by atoms with E-state index in [1.54, 1.807) is 6.07 Å². The van der Waals surface area contributed by atoms with Gasteiger partial charge in [-0.1, -0.05) is 26.0 Å². The SMILES string of the molecule is CC1(C)CN2C(=O)CCc3cc4c(O)cccc4c1c32. The summed E-state index contributed by atoms with van der Waals surface area (Å²) >= 11 is 0. The zero-order valence-corrected chi connectivity index (χ0v) is 11.7. The summed E-state index contributed by atoms with van der Waals surface area (Å²) < 4.78 is 0. The van der Waals surface area contributed by atoms with Gasteiger partial charge in [0.2, 0.25) is 5.91 Å². The molecule has 1 N–H and O–H groups in total. The van der Waals surface area contributed by atoms with Gasteiger partial charge in [-0.05, 0) is 35.1 Å². The highest BCUT2D eigenvalue weighted by molar-refractivity contribution is 6.06. The van der Waals surface area contributed by atoms with Gasteiger partial charge < -0.3 is 10.0 Å². The molecule has 0 saturated heterocycles. The number of hydrogen-bond acceptors (Lipinski definition) is 2. The molecule has 0 radical (unpaired) electrons. The lowest BCUT2D eigenvalue weighted by Gasteiger charge is -2.26. The van der Waals surface area contributed by atoms with E-state index in [0.29, 0.717) is 12.2 Å². The van der Waals surface area contributed by atoms with Crippen LogP contribution in [0.4, 0.5) is 5.69 Å². The Labute approximate surface area is 117 Å². The van der Waals surface area contributed by atoms with Crippen molar-refractivity contribution in [2.24, 2.45) is 0 Å². The van der Waals surface area contributed by atoms with Crippen LogP contribution in [0.5, 0.6) is 5.75 Å². The molecular weight excluding hydrogens is 250 g/mol. The predicted octanol–water partition coefficient (Wildman–Crippen LogP) is 3.12. The molecule has 0 spiro atoms. The second-order valence-corrected chi connectivity index (χ2v) is 6.50. The summed E-state index contributed by atoms with van der Waals surface area (Å²) in [6.07, 6.45) is 1.35. The Morgan fingerprint density at radius 1 is 1.20 bits per heavy atom. The maximum atomic E-state index is 12.2. The number of hydrogen-bond donors (Lipinski definition) is 1. The fraction of sp³-hybridized carbons (Fsp3) is 0.353. The molecular formula is C17H17NO2. The van der Waals surface area contributed by atoms with E-state index in [4.69, 9.17) is 0 Å². The fourth-order valence-corrected chi connectivity index (χ4v) is 3.78. The van der Waals surface area contributed by atoms with Crippen LogP contribution in [0.3, 0.4) is 0 Å². The number of aromatic hydroxyl groups is 1. The minimum absolute atomic E-state index is 0.0720. The van der Waals surface area contributed by atoms with Crippen LogP contribution in [-0.4, -0.2) is 17.6 Å². The van der Waals surface area contributed by atoms with Gasteiger partial charge in [0, 0.05) is 23.8 Å². The number of nitrogens with zero attached hydrogens (tertiary/aromatic N) is 1. The van der Waals surface area contributed by atoms with E-state index in [2.05, 4.69) is 26.0 Å². The highest BCUT2D eigenvalue weighted by Crippen LogP contribution is 2.49. The third-order valence-electron chi connectivity index (χ3n) is 4.62. The average Bonchev–Trinajstić information content (AvgIpc) is 2.69. The summed E-state index contributed by atoms with van der Waals surface area (Å²) in [5.74, 6) is 0.552. The molecule has 0 saturated carbocycles. The number of carbonyl (C=O) groups excluding carboxylic acids is 1. The molecule has 2 aliphatic heterocycles. The van der Waals surface area contributed by atoms with Gasteiger partial charge in [-0.3, -0.25) is 4.79 Å². The number of phenols is 1. The van der Waals surface area contributed by atoms with E-state index in [0.717, 1.165) is 29.4 Å². The molecule has 3 nitrogen and oxygen atoms in total. The summed E-state index contributed by atoms with van der Waals surface area (Å²) in [6.45, 7) is 5.10. The Morgan fingerprint density at radius 3 is 2.80 bits per heavy atom. The van der Waals surface area contributed by atoms with Crippen LogP contribution < -0.4 is 4.90 Å². The maximum absolute atomic E-state index is 12.2. The maximum Gasteiger partial charge on any atom is 0.227 e. The Kier molecular flexibility index (Phi) is 2.08. The number of benzene rings is 2. The van der Waals surface area contributed by atoms with Gasteiger partial charge in [0.1, 0.15) is 5.75 Å². The van der Waals surface area contributed by atoms with Crippen molar-refractivity contribution in [1.29, 1.82) is 0 Å². The molecule has 2 aliphatic rings. The molecule has 2 aromatic rings. The number of anilines is 1. The van der Waals surface area contributed by atoms with Crippen LogP contribution in [0.25, 0.3) is 10.8 Å². The molecule has 0 bridgehead atoms. The second kappa shape index (κ2) is 3.54. The Hall–Kier alpha value is -2.03. The smallest absolute Gasteiger partial charge is 0.227 e. The zero-order chi connectivity index (χ0) is 14.1. The first kappa shape index (κ1) is 11.8. The van der Waals surface area contributed by atoms with Gasteiger partial charge in [0.25, 0.3) is 0 Å². The number of carbonyl (C=O) groups is 1. The summed E-state index contributed by atoms with van der Waals surface area (Å²) in [7, 11) is 0. The van der Waals surface area contributed by atoms with Gasteiger partial charge >= 0.3 is 0 Å². The molecule has 3 heteroatoms. The lowest BCUT2D eigenvalue weighted by molar-refractivity contribution is -0.118. The molecule has 102 valence electrons. The summed E-state index contributed by atoms with van der Waals surface area (Å²) in [6, 6.07) is 7.72. The van der Waals surface area contributed by atoms with Crippen LogP contribution in [-0.2, 0) is 16.6 Å². The van der Waals surface area contributed by atoms with Crippen LogP contribution in [0.1, 0.15) is 31.4 Å². The predicted molar refractivity (Wildman–Crippen MR) is 79.3 cm³/mol. The van der Waals surface area contributed by atoms with Crippen LogP contribution >= 0.6 is 0 Å². The van der Waals surface area contributed by atoms with E-state index in [9.17, 15) is 9.90 Å². The molecule has 2 aromatic carbocycles. The first-order valence-corrected chi connectivity index (χ1v) is 7.07.